The molecule has 238 valence electrons. The van der Waals surface area contributed by atoms with Crippen molar-refractivity contribution >= 4 is 75.4 Å². The summed E-state index contributed by atoms with van der Waals surface area (Å²) in [6, 6.07) is 52.1. The van der Waals surface area contributed by atoms with Crippen molar-refractivity contribution in [1.29, 1.82) is 0 Å². The van der Waals surface area contributed by atoms with Gasteiger partial charge in [0.1, 0.15) is 22.3 Å². The first kappa shape index (κ1) is 28.2. The summed E-state index contributed by atoms with van der Waals surface area (Å²) in [6.45, 7) is 0. The maximum atomic E-state index is 6.72. The number of nitrogens with zero attached hydrogens (tertiary/aromatic N) is 3. The van der Waals surface area contributed by atoms with Gasteiger partial charge in [0.15, 0.2) is 17.5 Å². The molecule has 0 atom stereocenters. The second-order valence-electron chi connectivity index (χ2n) is 12.7. The Morgan fingerprint density at radius 2 is 0.980 bits per heavy atom. The van der Waals surface area contributed by atoms with Gasteiger partial charge in [0, 0.05) is 47.3 Å². The maximum Gasteiger partial charge on any atom is 0.167 e. The molecule has 0 saturated heterocycles. The Labute approximate surface area is 295 Å². The van der Waals surface area contributed by atoms with Crippen LogP contribution in [0.2, 0.25) is 0 Å². The summed E-state index contributed by atoms with van der Waals surface area (Å²) < 4.78 is 15.7. The second kappa shape index (κ2) is 10.9. The van der Waals surface area contributed by atoms with E-state index >= 15 is 0 Å². The summed E-state index contributed by atoms with van der Waals surface area (Å²) in [5.74, 6) is 1.64. The van der Waals surface area contributed by atoms with E-state index in [4.69, 9.17) is 23.8 Å². The number of hydrogen-bond donors (Lipinski definition) is 0. The highest BCUT2D eigenvalue weighted by Crippen LogP contribution is 2.44. The van der Waals surface area contributed by atoms with Gasteiger partial charge in [-0.05, 0) is 47.5 Å². The molecule has 0 bridgehead atoms. The fourth-order valence-corrected chi connectivity index (χ4v) is 8.54. The molecule has 0 aliphatic carbocycles. The monoisotopic (exact) mass is 671 g/mol. The standard InChI is InChI=1S/C45H25N3O2S/c1-2-11-26(12-3-1)43-46-44(34-17-10-16-32-29-13-4-7-18-36(29)49-41(32)34)48-45(47-43)35-24-23-28(40-33-15-5-8-19-37(33)50-42(35)40)27-21-22-31-30-14-6-9-20-38(30)51-39(31)25-27/h1-25H. The third kappa shape index (κ3) is 4.37. The first-order valence-corrected chi connectivity index (χ1v) is 17.7. The van der Waals surface area contributed by atoms with E-state index < -0.39 is 0 Å². The van der Waals surface area contributed by atoms with Gasteiger partial charge in [-0.3, -0.25) is 0 Å². The SMILES string of the molecule is c1ccc(-c2nc(-c3cccc4c3oc3ccccc34)nc(-c3ccc(-c4ccc5c(c4)sc4ccccc45)c4c3oc3ccccc34)n2)cc1. The first-order valence-electron chi connectivity index (χ1n) is 16.9. The summed E-state index contributed by atoms with van der Waals surface area (Å²) in [4.78, 5) is 15.3. The third-order valence-electron chi connectivity index (χ3n) is 9.77. The number of benzene rings is 7. The molecule has 0 spiro atoms. The number of rotatable bonds is 4. The number of thiophene rings is 1. The minimum absolute atomic E-state index is 0.530. The summed E-state index contributed by atoms with van der Waals surface area (Å²) in [5, 5.41) is 6.72. The third-order valence-corrected chi connectivity index (χ3v) is 10.9. The normalized spacial score (nSPS) is 11.9. The highest BCUT2D eigenvalue weighted by molar-refractivity contribution is 7.25. The van der Waals surface area contributed by atoms with E-state index in [0.717, 1.165) is 71.7 Å². The molecule has 0 unspecified atom stereocenters. The Morgan fingerprint density at radius 3 is 1.82 bits per heavy atom. The minimum atomic E-state index is 0.530. The van der Waals surface area contributed by atoms with Gasteiger partial charge in [-0.2, -0.15) is 0 Å². The van der Waals surface area contributed by atoms with Gasteiger partial charge in [-0.25, -0.2) is 15.0 Å². The van der Waals surface area contributed by atoms with Crippen LogP contribution in [0.1, 0.15) is 0 Å². The summed E-state index contributed by atoms with van der Waals surface area (Å²) >= 11 is 1.82. The Hall–Kier alpha value is -6.63. The molecule has 0 N–H and O–H groups in total. The maximum absolute atomic E-state index is 6.72. The zero-order chi connectivity index (χ0) is 33.5. The van der Waals surface area contributed by atoms with Crippen molar-refractivity contribution in [2.24, 2.45) is 0 Å². The van der Waals surface area contributed by atoms with Crippen LogP contribution in [0.3, 0.4) is 0 Å². The van der Waals surface area contributed by atoms with Crippen molar-refractivity contribution in [3.63, 3.8) is 0 Å². The van der Waals surface area contributed by atoms with E-state index in [9.17, 15) is 0 Å². The first-order chi connectivity index (χ1) is 25.3. The highest BCUT2D eigenvalue weighted by atomic mass is 32.1. The second-order valence-corrected chi connectivity index (χ2v) is 13.8. The summed E-state index contributed by atoms with van der Waals surface area (Å²) in [5.41, 5.74) is 7.86. The van der Waals surface area contributed by atoms with Gasteiger partial charge in [0.25, 0.3) is 0 Å². The van der Waals surface area contributed by atoms with Crippen molar-refractivity contribution in [3.8, 4) is 45.3 Å². The Balaban J connectivity index is 1.17. The highest BCUT2D eigenvalue weighted by Gasteiger charge is 2.22. The van der Waals surface area contributed by atoms with Gasteiger partial charge in [0.05, 0.1) is 11.1 Å². The molecule has 7 aromatic carbocycles. The molecule has 4 heterocycles. The molecule has 0 aliphatic rings. The van der Waals surface area contributed by atoms with Gasteiger partial charge < -0.3 is 8.83 Å². The van der Waals surface area contributed by atoms with E-state index in [1.54, 1.807) is 0 Å². The molecule has 0 aliphatic heterocycles. The van der Waals surface area contributed by atoms with E-state index in [1.165, 1.54) is 20.2 Å². The molecule has 0 fully saturated rings. The van der Waals surface area contributed by atoms with Crippen LogP contribution in [0.5, 0.6) is 0 Å². The lowest BCUT2D eigenvalue weighted by Crippen LogP contribution is -2.00. The molecule has 6 heteroatoms. The van der Waals surface area contributed by atoms with Crippen LogP contribution in [0.15, 0.2) is 160 Å². The van der Waals surface area contributed by atoms with E-state index in [-0.39, 0.29) is 0 Å². The minimum Gasteiger partial charge on any atom is -0.455 e. The van der Waals surface area contributed by atoms with Crippen molar-refractivity contribution in [2.45, 2.75) is 0 Å². The quantitative estimate of drug-likeness (QED) is 0.186. The van der Waals surface area contributed by atoms with Crippen molar-refractivity contribution in [3.05, 3.63) is 152 Å². The van der Waals surface area contributed by atoms with Crippen LogP contribution in [-0.2, 0) is 0 Å². The molecule has 11 aromatic rings. The Morgan fingerprint density at radius 1 is 0.373 bits per heavy atom. The Bertz CT molecular complexity index is 3160. The van der Waals surface area contributed by atoms with E-state index in [0.29, 0.717) is 17.5 Å². The average molecular weight is 672 g/mol. The van der Waals surface area contributed by atoms with Crippen LogP contribution >= 0.6 is 11.3 Å². The zero-order valence-corrected chi connectivity index (χ0v) is 27.8. The van der Waals surface area contributed by atoms with Crippen molar-refractivity contribution in [2.75, 3.05) is 0 Å². The Kier molecular flexibility index (Phi) is 6.05. The van der Waals surface area contributed by atoms with Gasteiger partial charge in [0.2, 0.25) is 0 Å². The van der Waals surface area contributed by atoms with Crippen LogP contribution in [0.25, 0.3) is 109 Å². The number of fused-ring (bicyclic) bond motifs is 9. The zero-order valence-electron chi connectivity index (χ0n) is 27.0. The molecule has 0 saturated carbocycles. The summed E-state index contributed by atoms with van der Waals surface area (Å²) in [6.07, 6.45) is 0. The van der Waals surface area contributed by atoms with Gasteiger partial charge in [-0.15, -0.1) is 11.3 Å². The lowest BCUT2D eigenvalue weighted by atomic mass is 9.96. The fourth-order valence-electron chi connectivity index (χ4n) is 7.39. The van der Waals surface area contributed by atoms with Gasteiger partial charge >= 0.3 is 0 Å². The smallest absolute Gasteiger partial charge is 0.167 e. The van der Waals surface area contributed by atoms with Crippen LogP contribution < -0.4 is 0 Å². The average Bonchev–Trinajstić information content (AvgIpc) is 3.89. The molecule has 51 heavy (non-hydrogen) atoms. The van der Waals surface area contributed by atoms with Gasteiger partial charge in [-0.1, -0.05) is 115 Å². The molecule has 4 aromatic heterocycles. The van der Waals surface area contributed by atoms with Crippen LogP contribution in [0.4, 0.5) is 0 Å². The number of para-hydroxylation sites is 3. The predicted octanol–water partition coefficient (Wildman–Crippen LogP) is 12.7. The summed E-state index contributed by atoms with van der Waals surface area (Å²) in [7, 11) is 0. The molecular formula is C45H25N3O2S. The molecular weight excluding hydrogens is 647 g/mol. The van der Waals surface area contributed by atoms with Crippen molar-refractivity contribution in [1.82, 2.24) is 15.0 Å². The number of aromatic nitrogens is 3. The lowest BCUT2D eigenvalue weighted by molar-refractivity contribution is 0.669. The van der Waals surface area contributed by atoms with Crippen LogP contribution in [0, 0.1) is 0 Å². The largest absolute Gasteiger partial charge is 0.455 e. The van der Waals surface area contributed by atoms with Crippen molar-refractivity contribution < 1.29 is 8.83 Å². The molecule has 11 rings (SSSR count). The fraction of sp³-hybridized carbons (Fsp3) is 0. The molecule has 0 amide bonds. The molecule has 0 radical (unpaired) electrons. The predicted molar refractivity (Wildman–Crippen MR) is 209 cm³/mol. The topological polar surface area (TPSA) is 65.0 Å². The van der Waals surface area contributed by atoms with E-state index in [2.05, 4.69) is 78.9 Å². The number of hydrogen-bond acceptors (Lipinski definition) is 6. The number of furan rings is 2. The van der Waals surface area contributed by atoms with E-state index in [1.807, 2.05) is 84.1 Å². The lowest BCUT2D eigenvalue weighted by Gasteiger charge is -2.11. The molecule has 5 nitrogen and oxygen atoms in total. The van der Waals surface area contributed by atoms with Crippen LogP contribution in [-0.4, -0.2) is 15.0 Å².